The lowest BCUT2D eigenvalue weighted by Gasteiger charge is -2.28. The van der Waals surface area contributed by atoms with Gasteiger partial charge >= 0.3 is 0 Å². The highest BCUT2D eigenvalue weighted by molar-refractivity contribution is 7.98. The fraction of sp³-hybridized carbons (Fsp3) is 0.118. The Balaban J connectivity index is 1.71. The molecule has 2 nitrogen and oxygen atoms in total. The van der Waals surface area contributed by atoms with E-state index in [-0.39, 0.29) is 0 Å². The van der Waals surface area contributed by atoms with Crippen molar-refractivity contribution in [1.29, 1.82) is 0 Å². The van der Waals surface area contributed by atoms with Gasteiger partial charge in [0, 0.05) is 33.8 Å². The third-order valence-corrected chi connectivity index (χ3v) is 5.38. The van der Waals surface area contributed by atoms with Crippen LogP contribution in [0.3, 0.4) is 0 Å². The molecule has 0 saturated carbocycles. The smallest absolute Gasteiger partial charge is 0.149 e. The van der Waals surface area contributed by atoms with E-state index >= 15 is 0 Å². The topological polar surface area (TPSA) is 15.6 Å². The van der Waals surface area contributed by atoms with Crippen molar-refractivity contribution in [2.45, 2.75) is 0 Å². The first-order valence-electron chi connectivity index (χ1n) is 6.93. The molecule has 0 amide bonds. The van der Waals surface area contributed by atoms with Crippen LogP contribution < -0.4 is 0 Å². The Hall–Kier alpha value is -1.78. The number of benzene rings is 1. The molecule has 2 aliphatic rings. The van der Waals surface area contributed by atoms with E-state index in [4.69, 9.17) is 0 Å². The molecule has 4 heteroatoms. The molecule has 0 bridgehead atoms. The largest absolute Gasteiger partial charge is 0.331 e. The average molecular weight is 310 g/mol. The van der Waals surface area contributed by atoms with Gasteiger partial charge in [0.15, 0.2) is 0 Å². The molecule has 0 fully saturated rings. The minimum absolute atomic E-state index is 1.04. The van der Waals surface area contributed by atoms with Crippen LogP contribution in [-0.4, -0.2) is 23.0 Å². The molecule has 2 aliphatic heterocycles. The zero-order valence-electron chi connectivity index (χ0n) is 11.4. The number of rotatable bonds is 2. The summed E-state index contributed by atoms with van der Waals surface area (Å²) >= 11 is 3.49. The first-order valence-corrected chi connectivity index (χ1v) is 8.69. The van der Waals surface area contributed by atoms with Gasteiger partial charge in [-0.3, -0.25) is 0 Å². The van der Waals surface area contributed by atoms with Gasteiger partial charge in [-0.25, -0.2) is 0 Å². The number of nitrogens with zero attached hydrogens (tertiary/aromatic N) is 2. The van der Waals surface area contributed by atoms with Gasteiger partial charge in [0.05, 0.1) is 0 Å². The van der Waals surface area contributed by atoms with E-state index in [1.165, 1.54) is 20.9 Å². The number of hydrogen-bond acceptors (Lipinski definition) is 4. The van der Waals surface area contributed by atoms with E-state index in [1.54, 1.807) is 11.9 Å². The van der Waals surface area contributed by atoms with E-state index in [0.717, 1.165) is 18.1 Å². The van der Waals surface area contributed by atoms with Gasteiger partial charge in [0.1, 0.15) is 5.84 Å². The van der Waals surface area contributed by atoms with Crippen molar-refractivity contribution in [3.05, 3.63) is 65.7 Å². The Labute approximate surface area is 132 Å². The van der Waals surface area contributed by atoms with Crippen molar-refractivity contribution in [1.82, 2.24) is 4.90 Å². The van der Waals surface area contributed by atoms with Crippen LogP contribution in [-0.2, 0) is 0 Å². The molecule has 0 N–H and O–H groups in total. The Morgan fingerprint density at radius 3 is 2.76 bits per heavy atom. The zero-order valence-corrected chi connectivity index (χ0v) is 13.0. The van der Waals surface area contributed by atoms with Gasteiger partial charge in [-0.1, -0.05) is 30.3 Å². The van der Waals surface area contributed by atoms with Crippen molar-refractivity contribution < 1.29 is 0 Å². The van der Waals surface area contributed by atoms with E-state index in [1.807, 2.05) is 11.3 Å². The van der Waals surface area contributed by atoms with E-state index < -0.39 is 0 Å². The molecular formula is C17H14N2S2. The summed E-state index contributed by atoms with van der Waals surface area (Å²) in [5.41, 5.74) is 2.51. The Kier molecular flexibility index (Phi) is 3.41. The molecule has 0 atom stereocenters. The molecule has 104 valence electrons. The van der Waals surface area contributed by atoms with Crippen LogP contribution in [0.5, 0.6) is 0 Å². The first kappa shape index (κ1) is 12.9. The summed E-state index contributed by atoms with van der Waals surface area (Å²) in [6.45, 7) is 1.04. The van der Waals surface area contributed by atoms with Crippen LogP contribution in [0.25, 0.3) is 16.0 Å². The normalized spacial score (nSPS) is 17.2. The summed E-state index contributed by atoms with van der Waals surface area (Å²) < 4.78 is 4.64. The summed E-state index contributed by atoms with van der Waals surface area (Å²) in [6.07, 6.45) is 6.40. The van der Waals surface area contributed by atoms with E-state index in [9.17, 15) is 0 Å². The molecule has 3 heterocycles. The van der Waals surface area contributed by atoms with Gasteiger partial charge in [0.2, 0.25) is 0 Å². The summed E-state index contributed by atoms with van der Waals surface area (Å²) in [4.78, 5) is 4.83. The molecule has 4 rings (SSSR count). The molecule has 2 aromatic rings. The van der Waals surface area contributed by atoms with Gasteiger partial charge in [-0.15, -0.1) is 11.3 Å². The van der Waals surface area contributed by atoms with Crippen molar-refractivity contribution in [2.24, 2.45) is 4.40 Å². The molecule has 0 spiro atoms. The standard InChI is InChI=1S/C17H14N2S2/c1-2-5-13(6-3-1)15-8-9-16(21-15)14-7-4-10-19-11-12-20-18-17(14)19/h1-10H,11-12H2. The average Bonchev–Trinajstić information content (AvgIpc) is 3.05. The number of amidine groups is 1. The lowest BCUT2D eigenvalue weighted by atomic mass is 10.1. The summed E-state index contributed by atoms with van der Waals surface area (Å²) in [7, 11) is 0. The highest BCUT2D eigenvalue weighted by Crippen LogP contribution is 2.35. The lowest BCUT2D eigenvalue weighted by molar-refractivity contribution is 0.594. The Morgan fingerprint density at radius 2 is 1.86 bits per heavy atom. The summed E-state index contributed by atoms with van der Waals surface area (Å²) in [5, 5.41) is 0. The maximum Gasteiger partial charge on any atom is 0.149 e. The minimum Gasteiger partial charge on any atom is -0.331 e. The number of allylic oxidation sites excluding steroid dienone is 2. The van der Waals surface area contributed by atoms with Crippen molar-refractivity contribution in [3.8, 4) is 10.4 Å². The summed E-state index contributed by atoms with van der Waals surface area (Å²) in [6, 6.07) is 14.9. The SMILES string of the molecule is C1=CN2CCSN=C2C(c2ccc(-c3ccccc3)s2)=C1. The van der Waals surface area contributed by atoms with Crippen molar-refractivity contribution in [2.75, 3.05) is 12.3 Å². The van der Waals surface area contributed by atoms with Gasteiger partial charge in [-0.2, -0.15) is 4.40 Å². The number of hydrogen-bond donors (Lipinski definition) is 0. The predicted molar refractivity (Wildman–Crippen MR) is 93.5 cm³/mol. The summed E-state index contributed by atoms with van der Waals surface area (Å²) in [5.74, 6) is 2.15. The molecule has 0 saturated heterocycles. The Morgan fingerprint density at radius 1 is 1.00 bits per heavy atom. The van der Waals surface area contributed by atoms with Crippen LogP contribution >= 0.6 is 23.3 Å². The van der Waals surface area contributed by atoms with Crippen LogP contribution in [0.1, 0.15) is 4.88 Å². The van der Waals surface area contributed by atoms with Crippen molar-refractivity contribution in [3.63, 3.8) is 0 Å². The zero-order chi connectivity index (χ0) is 14.1. The van der Waals surface area contributed by atoms with Crippen LogP contribution in [0.15, 0.2) is 65.2 Å². The maximum atomic E-state index is 4.64. The second-order valence-corrected chi connectivity index (χ2v) is 6.83. The second kappa shape index (κ2) is 5.54. The van der Waals surface area contributed by atoms with Crippen LogP contribution in [0.2, 0.25) is 0 Å². The van der Waals surface area contributed by atoms with Crippen LogP contribution in [0, 0.1) is 0 Å². The van der Waals surface area contributed by atoms with E-state index in [2.05, 4.69) is 70.1 Å². The molecule has 0 aliphatic carbocycles. The molecule has 0 unspecified atom stereocenters. The molecular weight excluding hydrogens is 296 g/mol. The first-order chi connectivity index (χ1) is 10.4. The third-order valence-electron chi connectivity index (χ3n) is 3.55. The molecule has 1 aromatic carbocycles. The van der Waals surface area contributed by atoms with Crippen molar-refractivity contribution >= 4 is 34.7 Å². The molecule has 21 heavy (non-hydrogen) atoms. The van der Waals surface area contributed by atoms with E-state index in [0.29, 0.717) is 0 Å². The highest BCUT2D eigenvalue weighted by atomic mass is 32.2. The second-order valence-electron chi connectivity index (χ2n) is 4.89. The highest BCUT2D eigenvalue weighted by Gasteiger charge is 2.22. The monoisotopic (exact) mass is 310 g/mol. The fourth-order valence-electron chi connectivity index (χ4n) is 2.50. The van der Waals surface area contributed by atoms with Crippen LogP contribution in [0.4, 0.5) is 0 Å². The Bertz CT molecular complexity index is 741. The minimum atomic E-state index is 1.04. The number of fused-ring (bicyclic) bond motifs is 1. The molecule has 0 radical (unpaired) electrons. The number of thiophene rings is 1. The quantitative estimate of drug-likeness (QED) is 0.748. The molecule has 1 aromatic heterocycles. The third kappa shape index (κ3) is 2.45. The van der Waals surface area contributed by atoms with Gasteiger partial charge in [0.25, 0.3) is 0 Å². The predicted octanol–water partition coefficient (Wildman–Crippen LogP) is 4.69. The maximum absolute atomic E-state index is 4.64. The van der Waals surface area contributed by atoms with Gasteiger partial charge < -0.3 is 4.90 Å². The lowest BCUT2D eigenvalue weighted by Crippen LogP contribution is -2.32. The van der Waals surface area contributed by atoms with Gasteiger partial charge in [-0.05, 0) is 41.8 Å². The fourth-order valence-corrected chi connectivity index (χ4v) is 4.23.